The molecule has 0 unspecified atom stereocenters. The Bertz CT molecular complexity index is 696. The second-order valence-electron chi connectivity index (χ2n) is 10.1. The van der Waals surface area contributed by atoms with Crippen molar-refractivity contribution in [2.45, 2.75) is 118 Å². The predicted molar refractivity (Wildman–Crippen MR) is 139 cm³/mol. The third kappa shape index (κ3) is 15.0. The molecule has 0 saturated heterocycles. The number of hydrogen-bond donors (Lipinski definition) is 0. The lowest BCUT2D eigenvalue weighted by Crippen LogP contribution is -2.12. The third-order valence-corrected chi connectivity index (χ3v) is 5.70. The van der Waals surface area contributed by atoms with Crippen molar-refractivity contribution in [3.63, 3.8) is 0 Å². The van der Waals surface area contributed by atoms with Crippen LogP contribution in [0.2, 0.25) is 0 Å². The summed E-state index contributed by atoms with van der Waals surface area (Å²) in [5.74, 6) is 1.79. The van der Waals surface area contributed by atoms with Gasteiger partial charge in [-0.1, -0.05) is 86.0 Å². The van der Waals surface area contributed by atoms with E-state index in [9.17, 15) is 9.59 Å². The molecule has 1 aromatic carbocycles. The first kappa shape index (κ1) is 30.0. The van der Waals surface area contributed by atoms with Gasteiger partial charge in [-0.15, -0.1) is 0 Å². The maximum Gasteiger partial charge on any atom is 0.311 e. The zero-order chi connectivity index (χ0) is 25.2. The fourth-order valence-electron chi connectivity index (χ4n) is 3.63. The smallest absolute Gasteiger partial charge is 0.311 e. The summed E-state index contributed by atoms with van der Waals surface area (Å²) in [7, 11) is 0. The Hall–Kier alpha value is -2.04. The van der Waals surface area contributed by atoms with E-state index in [1.165, 1.54) is 19.3 Å². The van der Waals surface area contributed by atoms with Crippen LogP contribution in [0.5, 0.6) is 17.2 Å². The molecule has 5 heteroatoms. The molecule has 0 radical (unpaired) electrons. The van der Waals surface area contributed by atoms with Crippen LogP contribution in [0.15, 0.2) is 18.2 Å². The molecule has 1 rings (SSSR count). The van der Waals surface area contributed by atoms with Crippen molar-refractivity contribution in [3.8, 4) is 17.2 Å². The highest BCUT2D eigenvalue weighted by Crippen LogP contribution is 2.33. The summed E-state index contributed by atoms with van der Waals surface area (Å²) in [5, 5.41) is 0. The highest BCUT2D eigenvalue weighted by atomic mass is 16.6. The molecule has 0 amide bonds. The van der Waals surface area contributed by atoms with E-state index in [2.05, 4.69) is 34.6 Å². The van der Waals surface area contributed by atoms with Gasteiger partial charge >= 0.3 is 11.9 Å². The molecule has 34 heavy (non-hydrogen) atoms. The highest BCUT2D eigenvalue weighted by Gasteiger charge is 2.16. The number of esters is 2. The van der Waals surface area contributed by atoms with E-state index in [1.807, 2.05) is 0 Å². The van der Waals surface area contributed by atoms with Crippen molar-refractivity contribution >= 4 is 11.9 Å². The number of hydrogen-bond acceptors (Lipinski definition) is 5. The zero-order valence-electron chi connectivity index (χ0n) is 22.3. The Balaban J connectivity index is 2.69. The fourth-order valence-corrected chi connectivity index (χ4v) is 3.63. The van der Waals surface area contributed by atoms with Crippen molar-refractivity contribution in [2.75, 3.05) is 6.61 Å². The van der Waals surface area contributed by atoms with Gasteiger partial charge in [0.05, 0.1) is 6.61 Å². The normalized spacial score (nSPS) is 11.1. The molecule has 0 N–H and O–H groups in total. The molecule has 0 fully saturated rings. The Morgan fingerprint density at radius 3 is 1.82 bits per heavy atom. The lowest BCUT2D eigenvalue weighted by Gasteiger charge is -2.13. The molecule has 0 aliphatic rings. The minimum absolute atomic E-state index is 0.257. The molecular weight excluding hydrogens is 428 g/mol. The lowest BCUT2D eigenvalue weighted by atomic mass is 10.1. The van der Waals surface area contributed by atoms with Gasteiger partial charge in [0, 0.05) is 18.9 Å². The molecule has 0 bridgehead atoms. The maximum absolute atomic E-state index is 12.4. The second-order valence-corrected chi connectivity index (χ2v) is 10.1. The summed E-state index contributed by atoms with van der Waals surface area (Å²) in [6.45, 7) is 11.5. The first-order chi connectivity index (χ1) is 16.3. The van der Waals surface area contributed by atoms with E-state index in [1.54, 1.807) is 18.2 Å². The van der Waals surface area contributed by atoms with E-state index in [4.69, 9.17) is 14.2 Å². The van der Waals surface area contributed by atoms with E-state index in [0.717, 1.165) is 51.4 Å². The quantitative estimate of drug-likeness (QED) is 0.114. The number of benzene rings is 1. The van der Waals surface area contributed by atoms with Crippen molar-refractivity contribution in [2.24, 2.45) is 11.8 Å². The molecule has 0 aromatic heterocycles. The summed E-state index contributed by atoms with van der Waals surface area (Å²) in [6, 6.07) is 5.10. The Morgan fingerprint density at radius 1 is 0.706 bits per heavy atom. The minimum atomic E-state index is -0.310. The van der Waals surface area contributed by atoms with E-state index >= 15 is 0 Å². The van der Waals surface area contributed by atoms with Crippen LogP contribution >= 0.6 is 0 Å². The van der Waals surface area contributed by atoms with Crippen LogP contribution in [-0.4, -0.2) is 18.5 Å². The predicted octanol–water partition coefficient (Wildman–Crippen LogP) is 8.28. The number of carbonyl (C=O) groups is 2. The first-order valence-electron chi connectivity index (χ1n) is 13.5. The van der Waals surface area contributed by atoms with Gasteiger partial charge in [0.2, 0.25) is 0 Å². The average Bonchev–Trinajstić information content (AvgIpc) is 2.78. The summed E-state index contributed by atoms with van der Waals surface area (Å²) in [6.07, 6.45) is 12.2. The zero-order valence-corrected chi connectivity index (χ0v) is 22.3. The summed E-state index contributed by atoms with van der Waals surface area (Å²) in [4.78, 5) is 24.8. The number of rotatable bonds is 19. The fraction of sp³-hybridized carbons (Fsp3) is 0.724. The van der Waals surface area contributed by atoms with Crippen LogP contribution in [-0.2, 0) is 9.59 Å². The molecule has 0 aliphatic heterocycles. The SMILES string of the molecule is CCCCCCCOc1ccc(OC(=O)CCCCC(C)C)c(OC(=O)CCCCC(C)C)c1. The minimum Gasteiger partial charge on any atom is -0.493 e. The van der Waals surface area contributed by atoms with E-state index in [-0.39, 0.29) is 23.4 Å². The van der Waals surface area contributed by atoms with Gasteiger partial charge in [0.25, 0.3) is 0 Å². The van der Waals surface area contributed by atoms with Crippen molar-refractivity contribution in [1.82, 2.24) is 0 Å². The Morgan fingerprint density at radius 2 is 1.26 bits per heavy atom. The van der Waals surface area contributed by atoms with Crippen LogP contribution in [0.4, 0.5) is 0 Å². The molecule has 0 spiro atoms. The van der Waals surface area contributed by atoms with Crippen molar-refractivity contribution in [3.05, 3.63) is 18.2 Å². The van der Waals surface area contributed by atoms with Crippen molar-refractivity contribution in [1.29, 1.82) is 0 Å². The van der Waals surface area contributed by atoms with Crippen LogP contribution in [0.25, 0.3) is 0 Å². The van der Waals surface area contributed by atoms with Crippen LogP contribution in [0.1, 0.15) is 118 Å². The molecule has 0 saturated carbocycles. The van der Waals surface area contributed by atoms with Crippen LogP contribution in [0.3, 0.4) is 0 Å². The summed E-state index contributed by atoms with van der Waals surface area (Å²) < 4.78 is 17.0. The van der Waals surface area contributed by atoms with Gasteiger partial charge in [-0.25, -0.2) is 0 Å². The Kier molecular flexibility index (Phi) is 16.1. The van der Waals surface area contributed by atoms with Crippen LogP contribution in [0, 0.1) is 11.8 Å². The third-order valence-electron chi connectivity index (χ3n) is 5.70. The first-order valence-corrected chi connectivity index (χ1v) is 13.5. The second kappa shape index (κ2) is 18.3. The molecule has 0 heterocycles. The van der Waals surface area contributed by atoms with Crippen molar-refractivity contribution < 1.29 is 23.8 Å². The number of unbranched alkanes of at least 4 members (excludes halogenated alkanes) is 6. The molecule has 1 aromatic rings. The monoisotopic (exact) mass is 476 g/mol. The molecule has 194 valence electrons. The lowest BCUT2D eigenvalue weighted by molar-refractivity contribution is -0.137. The molecular formula is C29H48O5. The van der Waals surface area contributed by atoms with Gasteiger partial charge in [0.15, 0.2) is 11.5 Å². The molecule has 0 atom stereocenters. The van der Waals surface area contributed by atoms with Gasteiger partial charge < -0.3 is 14.2 Å². The van der Waals surface area contributed by atoms with E-state index < -0.39 is 0 Å². The van der Waals surface area contributed by atoms with E-state index in [0.29, 0.717) is 37.0 Å². The summed E-state index contributed by atoms with van der Waals surface area (Å²) in [5.41, 5.74) is 0. The topological polar surface area (TPSA) is 61.8 Å². The van der Waals surface area contributed by atoms with Crippen LogP contribution < -0.4 is 14.2 Å². The van der Waals surface area contributed by atoms with Gasteiger partial charge in [-0.2, -0.15) is 0 Å². The van der Waals surface area contributed by atoms with Gasteiger partial charge in [0.1, 0.15) is 5.75 Å². The number of ether oxygens (including phenoxy) is 3. The maximum atomic E-state index is 12.4. The number of carbonyl (C=O) groups excluding carboxylic acids is 2. The molecule has 0 aliphatic carbocycles. The molecule has 5 nitrogen and oxygen atoms in total. The highest BCUT2D eigenvalue weighted by molar-refractivity contribution is 5.76. The summed E-state index contributed by atoms with van der Waals surface area (Å²) >= 11 is 0. The standard InChI is InChI=1S/C29H48O5/c1-6-7-8-9-14-21-32-25-19-20-26(33-28(30)17-12-10-15-23(2)3)27(22-25)34-29(31)18-13-11-16-24(4)5/h19-20,22-24H,6-18,21H2,1-5H3. The van der Waals surface area contributed by atoms with Gasteiger partial charge in [-0.3, -0.25) is 9.59 Å². The Labute approximate surface area is 207 Å². The average molecular weight is 477 g/mol. The largest absolute Gasteiger partial charge is 0.493 e. The van der Waals surface area contributed by atoms with Gasteiger partial charge in [-0.05, 0) is 43.2 Å².